The second kappa shape index (κ2) is 4.43. The Morgan fingerprint density at radius 3 is 0.923 bits per heavy atom. The van der Waals surface area contributed by atoms with Crippen LogP contribution in [0.2, 0.25) is 0 Å². The Labute approximate surface area is 83.2 Å². The van der Waals surface area contributed by atoms with Gasteiger partial charge in [-0.05, 0) is 41.5 Å². The van der Waals surface area contributed by atoms with Crippen molar-refractivity contribution in [3.05, 3.63) is 0 Å². The minimum atomic E-state index is -0.292. The van der Waals surface area contributed by atoms with E-state index in [0.717, 1.165) is 4.48 Å². The van der Waals surface area contributed by atoms with E-state index < -0.39 is 0 Å². The minimum absolute atomic E-state index is 0.292. The summed E-state index contributed by atoms with van der Waals surface area (Å²) in [5.74, 6) is 0. The third-order valence-electron chi connectivity index (χ3n) is 3.33. The largest absolute Gasteiger partial charge is 0.345 e. The molecule has 0 amide bonds. The minimum Gasteiger partial charge on any atom is -0.345 e. The zero-order chi connectivity index (χ0) is 10.8. The number of quaternary nitrogens is 1. The highest BCUT2D eigenvalue weighted by atomic mass is 16.3. The predicted molar refractivity (Wildman–Crippen MR) is 57.3 cm³/mol. The smallest absolute Gasteiger partial charge is 0.188 e. The van der Waals surface area contributed by atoms with Gasteiger partial charge in [-0.1, -0.05) is 0 Å². The third-order valence-corrected chi connectivity index (χ3v) is 3.33. The highest BCUT2D eigenvalue weighted by Gasteiger charge is 2.41. The fourth-order valence-corrected chi connectivity index (χ4v) is 3.08. The number of nitrogens with zero attached hydrogens (tertiary/aromatic N) is 1. The first-order chi connectivity index (χ1) is 5.77. The molecule has 0 saturated carbocycles. The molecule has 0 heterocycles. The molecule has 1 unspecified atom stereocenters. The summed E-state index contributed by atoms with van der Waals surface area (Å²) >= 11 is 0. The molecule has 0 bridgehead atoms. The molecular weight excluding hydrogens is 162 g/mol. The molecule has 1 N–H and O–H groups in total. The van der Waals surface area contributed by atoms with Gasteiger partial charge >= 0.3 is 0 Å². The number of aliphatic hydroxyl groups excluding tert-OH is 1. The molecule has 0 aromatic carbocycles. The Kier molecular flexibility index (Phi) is 4.40. The van der Waals surface area contributed by atoms with Crippen LogP contribution in [0, 0.1) is 0 Å². The fraction of sp³-hybridized carbons (Fsp3) is 1.00. The Balaban J connectivity index is 5.06. The van der Waals surface area contributed by atoms with E-state index >= 15 is 0 Å². The molecule has 1 atom stereocenters. The van der Waals surface area contributed by atoms with Gasteiger partial charge in [-0.25, -0.2) is 0 Å². The number of rotatable bonds is 4. The molecule has 0 spiro atoms. The van der Waals surface area contributed by atoms with Crippen LogP contribution in [0.1, 0.15) is 48.5 Å². The number of hydrogen-bond acceptors (Lipinski definition) is 1. The van der Waals surface area contributed by atoms with Crippen LogP contribution in [0.25, 0.3) is 0 Å². The first-order valence-electron chi connectivity index (χ1n) is 5.33. The highest BCUT2D eigenvalue weighted by molar-refractivity contribution is 4.58. The summed E-state index contributed by atoms with van der Waals surface area (Å²) < 4.78 is 0.778. The van der Waals surface area contributed by atoms with E-state index in [2.05, 4.69) is 41.5 Å². The van der Waals surface area contributed by atoms with Crippen molar-refractivity contribution >= 4 is 0 Å². The lowest BCUT2D eigenvalue weighted by molar-refractivity contribution is -1.02. The number of hydrogen-bond donors (Lipinski definition) is 1. The second-order valence-corrected chi connectivity index (χ2v) is 4.81. The van der Waals surface area contributed by atoms with Gasteiger partial charge in [0.2, 0.25) is 0 Å². The van der Waals surface area contributed by atoms with Gasteiger partial charge in [-0.15, -0.1) is 0 Å². The lowest BCUT2D eigenvalue weighted by Crippen LogP contribution is -2.66. The molecule has 13 heavy (non-hydrogen) atoms. The maximum atomic E-state index is 9.95. The van der Waals surface area contributed by atoms with Gasteiger partial charge < -0.3 is 5.11 Å². The lowest BCUT2D eigenvalue weighted by Gasteiger charge is -2.51. The van der Waals surface area contributed by atoms with Crippen molar-refractivity contribution in [3.63, 3.8) is 0 Å². The van der Waals surface area contributed by atoms with Crippen molar-refractivity contribution in [1.82, 2.24) is 0 Å². The third kappa shape index (κ3) is 2.05. The topological polar surface area (TPSA) is 20.2 Å². The molecule has 0 aliphatic rings. The second-order valence-electron chi connectivity index (χ2n) is 4.81. The Morgan fingerprint density at radius 2 is 0.923 bits per heavy atom. The zero-order valence-corrected chi connectivity index (χ0v) is 10.2. The predicted octanol–water partition coefficient (Wildman–Crippen LogP) is 2.37. The molecule has 0 aliphatic heterocycles. The molecule has 2 nitrogen and oxygen atoms in total. The lowest BCUT2D eigenvalue weighted by atomic mass is 10.0. The van der Waals surface area contributed by atoms with Crippen molar-refractivity contribution in [2.24, 2.45) is 0 Å². The SMILES string of the molecule is CC(C)[N+](C(C)C)(C(C)C)C(C)O. The van der Waals surface area contributed by atoms with Gasteiger partial charge in [-0.2, -0.15) is 0 Å². The Morgan fingerprint density at radius 1 is 0.692 bits per heavy atom. The van der Waals surface area contributed by atoms with Crippen LogP contribution in [0.3, 0.4) is 0 Å². The van der Waals surface area contributed by atoms with E-state index in [1.165, 1.54) is 0 Å². The van der Waals surface area contributed by atoms with E-state index in [9.17, 15) is 5.11 Å². The van der Waals surface area contributed by atoms with Crippen molar-refractivity contribution in [2.45, 2.75) is 72.8 Å². The maximum Gasteiger partial charge on any atom is 0.188 e. The molecule has 0 rings (SSSR count). The molecule has 0 radical (unpaired) electrons. The zero-order valence-electron chi connectivity index (χ0n) is 10.2. The Hall–Kier alpha value is -0.0800. The van der Waals surface area contributed by atoms with Crippen molar-refractivity contribution < 1.29 is 9.59 Å². The molecular formula is C11H26NO+. The van der Waals surface area contributed by atoms with Gasteiger partial charge in [0.1, 0.15) is 0 Å². The fourth-order valence-electron chi connectivity index (χ4n) is 3.08. The molecule has 0 saturated heterocycles. The van der Waals surface area contributed by atoms with Crippen molar-refractivity contribution in [3.8, 4) is 0 Å². The normalized spacial score (nSPS) is 15.9. The first kappa shape index (κ1) is 12.9. The Bertz CT molecular complexity index is 113. The monoisotopic (exact) mass is 188 g/mol. The molecule has 80 valence electrons. The maximum absolute atomic E-state index is 9.95. The number of aliphatic hydroxyl groups is 1. The van der Waals surface area contributed by atoms with Crippen molar-refractivity contribution in [1.29, 1.82) is 0 Å². The van der Waals surface area contributed by atoms with Crippen LogP contribution in [0.15, 0.2) is 0 Å². The van der Waals surface area contributed by atoms with Crippen LogP contribution in [-0.2, 0) is 0 Å². The van der Waals surface area contributed by atoms with Crippen LogP contribution >= 0.6 is 0 Å². The van der Waals surface area contributed by atoms with Crippen LogP contribution in [-0.4, -0.2) is 33.9 Å². The molecule has 0 aromatic heterocycles. The molecule has 2 heteroatoms. The summed E-state index contributed by atoms with van der Waals surface area (Å²) in [7, 11) is 0. The van der Waals surface area contributed by atoms with E-state index in [-0.39, 0.29) is 6.23 Å². The summed E-state index contributed by atoms with van der Waals surface area (Å²) in [6.07, 6.45) is -0.292. The van der Waals surface area contributed by atoms with Gasteiger partial charge in [0, 0.05) is 6.92 Å². The van der Waals surface area contributed by atoms with Gasteiger partial charge in [0.05, 0.1) is 18.1 Å². The summed E-state index contributed by atoms with van der Waals surface area (Å²) in [5.41, 5.74) is 0. The van der Waals surface area contributed by atoms with E-state index in [1.807, 2.05) is 6.92 Å². The summed E-state index contributed by atoms with van der Waals surface area (Å²) in [6, 6.07) is 1.37. The molecule has 0 aromatic rings. The van der Waals surface area contributed by atoms with E-state index in [0.29, 0.717) is 18.1 Å². The van der Waals surface area contributed by atoms with Gasteiger partial charge in [0.25, 0.3) is 0 Å². The van der Waals surface area contributed by atoms with Crippen LogP contribution < -0.4 is 0 Å². The van der Waals surface area contributed by atoms with Crippen LogP contribution in [0.4, 0.5) is 0 Å². The first-order valence-corrected chi connectivity index (χ1v) is 5.33. The van der Waals surface area contributed by atoms with Gasteiger partial charge in [-0.3, -0.25) is 4.48 Å². The standard InChI is InChI=1S/C11H26NO/c1-8(2)12(9(3)4,10(5)6)11(7)13/h8-11,13H,1-7H3/q+1. The quantitative estimate of drug-likeness (QED) is 0.530. The van der Waals surface area contributed by atoms with E-state index in [1.54, 1.807) is 0 Å². The molecule has 0 aliphatic carbocycles. The summed E-state index contributed by atoms with van der Waals surface area (Å²) in [5, 5.41) is 9.95. The van der Waals surface area contributed by atoms with E-state index in [4.69, 9.17) is 0 Å². The average Bonchev–Trinajstić information content (AvgIpc) is 1.82. The average molecular weight is 188 g/mol. The van der Waals surface area contributed by atoms with Gasteiger partial charge in [0.15, 0.2) is 6.23 Å². The van der Waals surface area contributed by atoms with Crippen LogP contribution in [0.5, 0.6) is 0 Å². The molecule has 0 fully saturated rings. The highest BCUT2D eigenvalue weighted by Crippen LogP contribution is 2.27. The van der Waals surface area contributed by atoms with Crippen molar-refractivity contribution in [2.75, 3.05) is 0 Å². The summed E-state index contributed by atoms with van der Waals surface area (Å²) in [6.45, 7) is 15.0. The summed E-state index contributed by atoms with van der Waals surface area (Å²) in [4.78, 5) is 0.